The Morgan fingerprint density at radius 3 is 2.29 bits per heavy atom. The molecule has 2 fully saturated rings. The smallest absolute Gasteiger partial charge is 0.274 e. The number of rotatable bonds is 4. The Labute approximate surface area is 191 Å². The quantitative estimate of drug-likeness (QED) is 0.691. The molecule has 2 aliphatic heterocycles. The molecule has 31 heavy (non-hydrogen) atoms. The van der Waals surface area contributed by atoms with Gasteiger partial charge in [0.2, 0.25) is 0 Å². The lowest BCUT2D eigenvalue weighted by Gasteiger charge is -2.34. The van der Waals surface area contributed by atoms with Crippen molar-refractivity contribution in [2.45, 2.75) is 6.54 Å². The number of carbonyl (C=O) groups is 2. The highest BCUT2D eigenvalue weighted by molar-refractivity contribution is 6.42. The van der Waals surface area contributed by atoms with E-state index in [0.29, 0.717) is 60.8 Å². The molecule has 2 aromatic rings. The number of aromatic nitrogens is 2. The number of hydrogen-bond donors (Lipinski definition) is 0. The highest BCUT2D eigenvalue weighted by Crippen LogP contribution is 2.23. The summed E-state index contributed by atoms with van der Waals surface area (Å²) in [6, 6.07) is 7.25. The van der Waals surface area contributed by atoms with Crippen LogP contribution < -0.4 is 0 Å². The average molecular weight is 466 g/mol. The number of piperazine rings is 1. The Kier molecular flexibility index (Phi) is 6.81. The van der Waals surface area contributed by atoms with Crippen molar-refractivity contribution in [3.63, 3.8) is 0 Å². The number of aryl methyl sites for hydroxylation is 1. The fraction of sp³-hybridized carbons (Fsp3) is 0.476. The third-order valence-corrected chi connectivity index (χ3v) is 6.41. The molecule has 0 aliphatic carbocycles. The molecule has 0 radical (unpaired) electrons. The molecule has 0 spiro atoms. The monoisotopic (exact) mass is 465 g/mol. The van der Waals surface area contributed by atoms with Gasteiger partial charge in [0.05, 0.1) is 23.3 Å². The van der Waals surface area contributed by atoms with E-state index in [9.17, 15) is 9.59 Å². The molecule has 1 aromatic heterocycles. The molecule has 4 rings (SSSR count). The maximum Gasteiger partial charge on any atom is 0.274 e. The number of ether oxygens (including phenoxy) is 1. The molecule has 0 N–H and O–H groups in total. The first kappa shape index (κ1) is 22.1. The standard InChI is InChI=1S/C21H25Cl2N5O3/c1-25-19(13-18(24-25)20(29)28-8-10-31-11-9-28)21(30)27-6-4-26(5-7-27)14-15-2-3-16(22)17(23)12-15/h2-3,12-13H,4-11,14H2,1H3. The van der Waals surface area contributed by atoms with Gasteiger partial charge in [-0.05, 0) is 17.7 Å². The molecular weight excluding hydrogens is 441 g/mol. The fourth-order valence-corrected chi connectivity index (χ4v) is 4.19. The van der Waals surface area contributed by atoms with Gasteiger partial charge >= 0.3 is 0 Å². The Morgan fingerprint density at radius 2 is 1.61 bits per heavy atom. The molecule has 3 heterocycles. The average Bonchev–Trinajstić information content (AvgIpc) is 3.18. The van der Waals surface area contributed by atoms with Crippen molar-refractivity contribution in [2.24, 2.45) is 7.05 Å². The van der Waals surface area contributed by atoms with Crippen LogP contribution in [0.3, 0.4) is 0 Å². The van der Waals surface area contributed by atoms with Gasteiger partial charge in [-0.1, -0.05) is 29.3 Å². The van der Waals surface area contributed by atoms with Gasteiger partial charge in [-0.15, -0.1) is 0 Å². The minimum atomic E-state index is -0.163. The van der Waals surface area contributed by atoms with Crippen molar-refractivity contribution in [3.8, 4) is 0 Å². The number of amides is 2. The Bertz CT molecular complexity index is 966. The summed E-state index contributed by atoms with van der Waals surface area (Å²) in [5.41, 5.74) is 1.81. The number of benzene rings is 1. The van der Waals surface area contributed by atoms with E-state index in [0.717, 1.165) is 25.2 Å². The van der Waals surface area contributed by atoms with Crippen LogP contribution in [0.5, 0.6) is 0 Å². The number of hydrogen-bond acceptors (Lipinski definition) is 5. The molecule has 0 saturated carbocycles. The van der Waals surface area contributed by atoms with Crippen LogP contribution in [-0.2, 0) is 18.3 Å². The van der Waals surface area contributed by atoms with Crippen LogP contribution in [0.4, 0.5) is 0 Å². The summed E-state index contributed by atoms with van der Waals surface area (Å²) in [5, 5.41) is 5.38. The molecule has 0 atom stereocenters. The first-order chi connectivity index (χ1) is 14.9. The molecule has 2 amide bonds. The highest BCUT2D eigenvalue weighted by Gasteiger charge is 2.27. The summed E-state index contributed by atoms with van der Waals surface area (Å²) < 4.78 is 6.79. The van der Waals surface area contributed by atoms with E-state index in [1.807, 2.05) is 17.0 Å². The molecule has 1 aromatic carbocycles. The third kappa shape index (κ3) is 5.03. The summed E-state index contributed by atoms with van der Waals surface area (Å²) in [6.45, 7) is 5.61. The van der Waals surface area contributed by atoms with Crippen LogP contribution >= 0.6 is 23.2 Å². The van der Waals surface area contributed by atoms with Gasteiger partial charge in [-0.25, -0.2) is 0 Å². The van der Waals surface area contributed by atoms with E-state index in [4.69, 9.17) is 27.9 Å². The SMILES string of the molecule is Cn1nc(C(=O)N2CCOCC2)cc1C(=O)N1CCN(Cc2ccc(Cl)c(Cl)c2)CC1. The molecule has 0 bridgehead atoms. The van der Waals surface area contributed by atoms with Crippen molar-refractivity contribution < 1.29 is 14.3 Å². The second kappa shape index (κ2) is 9.56. The normalized spacial score (nSPS) is 17.8. The van der Waals surface area contributed by atoms with Gasteiger partial charge in [-0.2, -0.15) is 5.10 Å². The van der Waals surface area contributed by atoms with Crippen LogP contribution in [0.25, 0.3) is 0 Å². The predicted molar refractivity (Wildman–Crippen MR) is 118 cm³/mol. The largest absolute Gasteiger partial charge is 0.378 e. The summed E-state index contributed by atoms with van der Waals surface area (Å²) in [5.74, 6) is -0.269. The van der Waals surface area contributed by atoms with Gasteiger partial charge in [0.25, 0.3) is 11.8 Å². The number of nitrogens with zero attached hydrogens (tertiary/aromatic N) is 5. The van der Waals surface area contributed by atoms with E-state index >= 15 is 0 Å². The number of carbonyl (C=O) groups excluding carboxylic acids is 2. The molecule has 2 saturated heterocycles. The minimum Gasteiger partial charge on any atom is -0.378 e. The third-order valence-electron chi connectivity index (χ3n) is 5.67. The lowest BCUT2D eigenvalue weighted by molar-refractivity contribution is 0.0298. The lowest BCUT2D eigenvalue weighted by atomic mass is 10.2. The van der Waals surface area contributed by atoms with Crippen LogP contribution in [0.2, 0.25) is 10.0 Å². The molecule has 0 unspecified atom stereocenters. The van der Waals surface area contributed by atoms with Gasteiger partial charge in [0.15, 0.2) is 5.69 Å². The van der Waals surface area contributed by atoms with Crippen molar-refractivity contribution in [2.75, 3.05) is 52.5 Å². The van der Waals surface area contributed by atoms with Gasteiger partial charge < -0.3 is 14.5 Å². The van der Waals surface area contributed by atoms with Crippen molar-refractivity contribution >= 4 is 35.0 Å². The summed E-state index contributed by atoms with van der Waals surface area (Å²) in [6.07, 6.45) is 0. The molecular formula is C21H25Cl2N5O3. The van der Waals surface area contributed by atoms with Crippen molar-refractivity contribution in [1.29, 1.82) is 0 Å². The first-order valence-electron chi connectivity index (χ1n) is 10.3. The first-order valence-corrected chi connectivity index (χ1v) is 11.0. The van der Waals surface area contributed by atoms with Crippen LogP contribution in [0, 0.1) is 0 Å². The Balaban J connectivity index is 1.35. The van der Waals surface area contributed by atoms with Crippen LogP contribution in [0.15, 0.2) is 24.3 Å². The zero-order valence-electron chi connectivity index (χ0n) is 17.4. The fourth-order valence-electron chi connectivity index (χ4n) is 3.87. The highest BCUT2D eigenvalue weighted by atomic mass is 35.5. The second-order valence-electron chi connectivity index (χ2n) is 7.76. The van der Waals surface area contributed by atoms with Gasteiger partial charge in [-0.3, -0.25) is 19.2 Å². The minimum absolute atomic E-state index is 0.106. The van der Waals surface area contributed by atoms with Crippen LogP contribution in [-0.4, -0.2) is 88.8 Å². The summed E-state index contributed by atoms with van der Waals surface area (Å²) >= 11 is 12.1. The molecule has 10 heteroatoms. The van der Waals surface area contributed by atoms with Crippen molar-refractivity contribution in [1.82, 2.24) is 24.5 Å². The maximum atomic E-state index is 13.0. The van der Waals surface area contributed by atoms with Crippen molar-refractivity contribution in [3.05, 3.63) is 51.3 Å². The molecule has 166 valence electrons. The molecule has 2 aliphatic rings. The van der Waals surface area contributed by atoms with E-state index < -0.39 is 0 Å². The predicted octanol–water partition coefficient (Wildman–Crippen LogP) is 2.16. The summed E-state index contributed by atoms with van der Waals surface area (Å²) in [4.78, 5) is 31.5. The maximum absolute atomic E-state index is 13.0. The zero-order chi connectivity index (χ0) is 22.0. The van der Waals surface area contributed by atoms with Gasteiger partial charge in [0, 0.05) is 58.9 Å². The molecule has 8 nitrogen and oxygen atoms in total. The van der Waals surface area contributed by atoms with Crippen LogP contribution in [0.1, 0.15) is 26.5 Å². The van der Waals surface area contributed by atoms with Gasteiger partial charge in [0.1, 0.15) is 5.69 Å². The second-order valence-corrected chi connectivity index (χ2v) is 8.57. The summed E-state index contributed by atoms with van der Waals surface area (Å²) in [7, 11) is 1.70. The van der Waals surface area contributed by atoms with E-state index in [2.05, 4.69) is 10.00 Å². The van der Waals surface area contributed by atoms with E-state index in [1.54, 1.807) is 24.1 Å². The topological polar surface area (TPSA) is 70.9 Å². The zero-order valence-corrected chi connectivity index (χ0v) is 18.9. The Morgan fingerprint density at radius 1 is 0.935 bits per heavy atom. The number of morpholine rings is 1. The van der Waals surface area contributed by atoms with E-state index in [-0.39, 0.29) is 11.8 Å². The van der Waals surface area contributed by atoms with E-state index in [1.165, 1.54) is 4.68 Å². The lowest BCUT2D eigenvalue weighted by Crippen LogP contribution is -2.48. The number of halogens is 2. The Hall–Kier alpha value is -2.13.